The third kappa shape index (κ3) is 2.58. The number of nitrogens with zero attached hydrogens (tertiary/aromatic N) is 1. The van der Waals surface area contributed by atoms with E-state index in [1.165, 1.54) is 7.11 Å². The van der Waals surface area contributed by atoms with Crippen LogP contribution in [0.15, 0.2) is 18.2 Å². The maximum absolute atomic E-state index is 11.6. The van der Waals surface area contributed by atoms with Crippen molar-refractivity contribution in [2.24, 2.45) is 11.8 Å². The molecule has 2 N–H and O–H groups in total. The van der Waals surface area contributed by atoms with Crippen LogP contribution in [0.5, 0.6) is 11.5 Å². The molecule has 2 aliphatic rings. The van der Waals surface area contributed by atoms with Crippen LogP contribution >= 0.6 is 0 Å². The summed E-state index contributed by atoms with van der Waals surface area (Å²) in [6.07, 6.45) is 3.32. The highest BCUT2D eigenvalue weighted by molar-refractivity contribution is 5.74. The fourth-order valence-corrected chi connectivity index (χ4v) is 3.95. The number of likely N-dealkylation sites (tertiary alicyclic amines) is 1. The van der Waals surface area contributed by atoms with Crippen molar-refractivity contribution in [1.29, 1.82) is 0 Å². The number of aromatic hydroxyl groups is 1. The average Bonchev–Trinajstić information content (AvgIpc) is 3.00. The number of hydrogen-bond acceptors (Lipinski definition) is 4. The molecule has 1 aromatic rings. The molecule has 2 fully saturated rings. The number of methoxy groups -OCH3 is 1. The van der Waals surface area contributed by atoms with Crippen LogP contribution in [0.4, 0.5) is 0 Å². The molecule has 21 heavy (non-hydrogen) atoms. The minimum Gasteiger partial charge on any atom is -0.504 e. The number of hydrogen-bond donors (Lipinski definition) is 2. The zero-order valence-corrected chi connectivity index (χ0v) is 12.2. The molecule has 3 atom stereocenters. The van der Waals surface area contributed by atoms with Gasteiger partial charge in [-0.25, -0.2) is 0 Å². The number of ether oxygens (including phenoxy) is 1. The van der Waals surface area contributed by atoms with Crippen LogP contribution in [0, 0.1) is 11.8 Å². The summed E-state index contributed by atoms with van der Waals surface area (Å²) in [5.74, 6) is 0.634. The lowest BCUT2D eigenvalue weighted by molar-refractivity contribution is -0.143. The number of phenolic OH excluding ortho intramolecular Hbond substituents is 1. The van der Waals surface area contributed by atoms with E-state index in [1.807, 2.05) is 6.07 Å². The number of fused-ring (bicyclic) bond motifs is 1. The molecule has 0 radical (unpaired) electrons. The van der Waals surface area contributed by atoms with Crippen molar-refractivity contribution in [1.82, 2.24) is 4.90 Å². The maximum atomic E-state index is 11.6. The van der Waals surface area contributed by atoms with E-state index in [1.54, 1.807) is 12.1 Å². The zero-order valence-electron chi connectivity index (χ0n) is 12.2. The maximum Gasteiger partial charge on any atom is 0.321 e. The van der Waals surface area contributed by atoms with Gasteiger partial charge in [0, 0.05) is 13.1 Å². The number of carbonyl (C=O) groups is 1. The van der Waals surface area contributed by atoms with Crippen LogP contribution in [0.1, 0.15) is 24.8 Å². The Morgan fingerprint density at radius 3 is 2.95 bits per heavy atom. The van der Waals surface area contributed by atoms with Crippen molar-refractivity contribution in [3.8, 4) is 11.5 Å². The molecule has 0 aromatic heterocycles. The lowest BCUT2D eigenvalue weighted by Crippen LogP contribution is -2.39. The van der Waals surface area contributed by atoms with Gasteiger partial charge in [0.05, 0.1) is 7.11 Å². The fourth-order valence-electron chi connectivity index (χ4n) is 3.95. The smallest absolute Gasteiger partial charge is 0.321 e. The summed E-state index contributed by atoms with van der Waals surface area (Å²) in [4.78, 5) is 13.7. The van der Waals surface area contributed by atoms with Gasteiger partial charge in [0.2, 0.25) is 0 Å². The monoisotopic (exact) mass is 291 g/mol. The first-order valence-corrected chi connectivity index (χ1v) is 7.43. The molecule has 0 spiro atoms. The Morgan fingerprint density at radius 1 is 1.43 bits per heavy atom. The topological polar surface area (TPSA) is 70.0 Å². The van der Waals surface area contributed by atoms with Crippen LogP contribution in [-0.2, 0) is 11.3 Å². The minimum absolute atomic E-state index is 0.106. The zero-order chi connectivity index (χ0) is 15.0. The van der Waals surface area contributed by atoms with Gasteiger partial charge in [-0.15, -0.1) is 0 Å². The Hall–Kier alpha value is -1.75. The predicted molar refractivity (Wildman–Crippen MR) is 77.3 cm³/mol. The van der Waals surface area contributed by atoms with E-state index in [4.69, 9.17) is 4.74 Å². The van der Waals surface area contributed by atoms with Gasteiger partial charge >= 0.3 is 5.97 Å². The van der Waals surface area contributed by atoms with Crippen LogP contribution in [0.3, 0.4) is 0 Å². The van der Waals surface area contributed by atoms with Gasteiger partial charge in [-0.05, 0) is 42.4 Å². The Kier molecular flexibility index (Phi) is 3.76. The lowest BCUT2D eigenvalue weighted by Gasteiger charge is -2.24. The van der Waals surface area contributed by atoms with E-state index < -0.39 is 5.97 Å². The quantitative estimate of drug-likeness (QED) is 0.889. The second kappa shape index (κ2) is 5.56. The summed E-state index contributed by atoms with van der Waals surface area (Å²) in [5, 5.41) is 19.2. The highest BCUT2D eigenvalue weighted by Gasteiger charge is 2.47. The van der Waals surface area contributed by atoms with E-state index in [-0.39, 0.29) is 11.8 Å². The molecular formula is C16H21NO4. The van der Waals surface area contributed by atoms with Crippen LogP contribution in [0.25, 0.3) is 0 Å². The number of phenols is 1. The molecule has 0 bridgehead atoms. The molecule has 5 heteroatoms. The lowest BCUT2D eigenvalue weighted by atomic mass is 9.94. The molecule has 1 aliphatic carbocycles. The van der Waals surface area contributed by atoms with E-state index >= 15 is 0 Å². The number of carboxylic acids is 1. The molecule has 5 nitrogen and oxygen atoms in total. The summed E-state index contributed by atoms with van der Waals surface area (Å²) in [6.45, 7) is 1.44. The predicted octanol–water partition coefficient (Wildman–Crippen LogP) is 2.09. The number of benzene rings is 1. The first-order chi connectivity index (χ1) is 10.1. The molecule has 114 valence electrons. The van der Waals surface area contributed by atoms with Crippen LogP contribution in [-0.4, -0.2) is 40.8 Å². The van der Waals surface area contributed by atoms with Gasteiger partial charge in [-0.3, -0.25) is 9.69 Å². The Bertz CT molecular complexity index is 545. The molecule has 1 saturated heterocycles. The number of rotatable bonds is 4. The Labute approximate surface area is 124 Å². The van der Waals surface area contributed by atoms with Crippen LogP contribution in [0.2, 0.25) is 0 Å². The van der Waals surface area contributed by atoms with Gasteiger partial charge in [-0.1, -0.05) is 12.5 Å². The van der Waals surface area contributed by atoms with Gasteiger partial charge in [0.15, 0.2) is 11.5 Å². The van der Waals surface area contributed by atoms with Gasteiger partial charge in [0.1, 0.15) is 6.04 Å². The molecule has 1 heterocycles. The minimum atomic E-state index is -0.713. The summed E-state index contributed by atoms with van der Waals surface area (Å²) < 4.78 is 5.11. The highest BCUT2D eigenvalue weighted by Crippen LogP contribution is 2.43. The number of aliphatic carboxylic acids is 1. The van der Waals surface area contributed by atoms with E-state index in [2.05, 4.69) is 4.90 Å². The van der Waals surface area contributed by atoms with Crippen molar-refractivity contribution in [2.45, 2.75) is 31.8 Å². The third-order valence-electron chi connectivity index (χ3n) is 4.87. The van der Waals surface area contributed by atoms with Crippen molar-refractivity contribution in [3.63, 3.8) is 0 Å². The SMILES string of the molecule is COc1cc(CN2CC3CCCC3C2C(=O)O)ccc1O. The normalized spacial score (nSPS) is 28.5. The van der Waals surface area contributed by atoms with E-state index in [9.17, 15) is 15.0 Å². The molecule has 1 saturated carbocycles. The summed E-state index contributed by atoms with van der Waals surface area (Å²) >= 11 is 0. The molecular weight excluding hydrogens is 270 g/mol. The average molecular weight is 291 g/mol. The molecule has 3 rings (SSSR count). The van der Waals surface area contributed by atoms with Crippen molar-refractivity contribution < 1.29 is 19.7 Å². The first kappa shape index (κ1) is 14.2. The van der Waals surface area contributed by atoms with Crippen molar-refractivity contribution in [3.05, 3.63) is 23.8 Å². The van der Waals surface area contributed by atoms with Gasteiger partial charge in [-0.2, -0.15) is 0 Å². The molecule has 1 aromatic carbocycles. The van der Waals surface area contributed by atoms with E-state index in [0.717, 1.165) is 31.4 Å². The third-order valence-corrected chi connectivity index (χ3v) is 4.87. The summed E-state index contributed by atoms with van der Waals surface area (Å²) in [7, 11) is 1.51. The highest BCUT2D eigenvalue weighted by atomic mass is 16.5. The van der Waals surface area contributed by atoms with Gasteiger partial charge in [0.25, 0.3) is 0 Å². The Morgan fingerprint density at radius 2 is 2.24 bits per heavy atom. The second-order valence-corrected chi connectivity index (χ2v) is 6.07. The standard InChI is InChI=1S/C16H21NO4/c1-21-14-7-10(5-6-13(14)18)8-17-9-11-3-2-4-12(11)15(17)16(19)20/h5-7,11-12,15,18H,2-4,8-9H2,1H3,(H,19,20). The first-order valence-electron chi connectivity index (χ1n) is 7.43. The Balaban J connectivity index is 1.79. The summed E-state index contributed by atoms with van der Waals surface area (Å²) in [6, 6.07) is 4.82. The van der Waals surface area contributed by atoms with Crippen molar-refractivity contribution in [2.75, 3.05) is 13.7 Å². The fraction of sp³-hybridized carbons (Fsp3) is 0.562. The largest absolute Gasteiger partial charge is 0.504 e. The van der Waals surface area contributed by atoms with Crippen molar-refractivity contribution >= 4 is 5.97 Å². The molecule has 3 unspecified atom stereocenters. The second-order valence-electron chi connectivity index (χ2n) is 6.07. The van der Waals surface area contributed by atoms with Gasteiger partial charge < -0.3 is 14.9 Å². The summed E-state index contributed by atoms with van der Waals surface area (Å²) in [5.41, 5.74) is 0.968. The number of carboxylic acid groups (broad SMARTS) is 1. The molecule has 1 aliphatic heterocycles. The molecule has 0 amide bonds. The van der Waals surface area contributed by atoms with E-state index in [0.29, 0.717) is 24.1 Å². The van der Waals surface area contributed by atoms with Crippen LogP contribution < -0.4 is 4.74 Å².